The van der Waals surface area contributed by atoms with Crippen LogP contribution in [0, 0.1) is 0 Å². The number of carboxylic acid groups (broad SMARTS) is 1. The van der Waals surface area contributed by atoms with Gasteiger partial charge >= 0.3 is 5.97 Å². The van der Waals surface area contributed by atoms with Crippen molar-refractivity contribution in [1.82, 2.24) is 0 Å². The van der Waals surface area contributed by atoms with Crippen molar-refractivity contribution in [1.29, 1.82) is 0 Å². The SMILES string of the molecule is CC=CC=CC=CC=CC=CC=CC=CC(=O)O. The van der Waals surface area contributed by atoms with E-state index in [1.54, 1.807) is 12.2 Å². The molecular weight excluding hydrogens is 224 g/mol. The molecule has 2 heteroatoms. The highest BCUT2D eigenvalue weighted by atomic mass is 16.4. The molecule has 0 saturated heterocycles. The third kappa shape index (κ3) is 13.7. The number of aliphatic carboxylic acids is 1. The quantitative estimate of drug-likeness (QED) is 0.541. The summed E-state index contributed by atoms with van der Waals surface area (Å²) in [5, 5.41) is 8.32. The van der Waals surface area contributed by atoms with Crippen LogP contribution in [0.1, 0.15) is 6.92 Å². The van der Waals surface area contributed by atoms with Crippen LogP contribution >= 0.6 is 0 Å². The standard InChI is InChI=1S/C16H18O2/c1-2-3-4-5-6-7-8-9-10-11-12-13-14-15-16(17)18/h2-15H,1H3,(H,17,18). The van der Waals surface area contributed by atoms with Crippen LogP contribution in [0.2, 0.25) is 0 Å². The number of carbonyl (C=O) groups is 1. The minimum atomic E-state index is -0.945. The zero-order valence-electron chi connectivity index (χ0n) is 10.4. The largest absolute Gasteiger partial charge is 0.478 e. The molecule has 94 valence electrons. The highest BCUT2D eigenvalue weighted by Crippen LogP contribution is 1.85. The maximum atomic E-state index is 10.1. The van der Waals surface area contributed by atoms with Gasteiger partial charge in [0.1, 0.15) is 0 Å². The lowest BCUT2D eigenvalue weighted by atomic mass is 10.3. The topological polar surface area (TPSA) is 37.3 Å². The Morgan fingerprint density at radius 2 is 1.00 bits per heavy atom. The smallest absolute Gasteiger partial charge is 0.328 e. The van der Waals surface area contributed by atoms with Crippen LogP contribution in [-0.2, 0) is 4.79 Å². The average Bonchev–Trinajstić information content (AvgIpc) is 2.34. The van der Waals surface area contributed by atoms with Crippen molar-refractivity contribution in [2.45, 2.75) is 6.92 Å². The molecule has 0 aromatic carbocycles. The Balaban J connectivity index is 3.85. The summed E-state index contributed by atoms with van der Waals surface area (Å²) < 4.78 is 0. The average molecular weight is 242 g/mol. The molecule has 0 aromatic heterocycles. The molecule has 0 aromatic rings. The lowest BCUT2D eigenvalue weighted by Crippen LogP contribution is -1.84. The third-order valence-corrected chi connectivity index (χ3v) is 1.65. The van der Waals surface area contributed by atoms with Crippen LogP contribution in [0.4, 0.5) is 0 Å². The summed E-state index contributed by atoms with van der Waals surface area (Å²) >= 11 is 0. The molecule has 18 heavy (non-hydrogen) atoms. The Kier molecular flexibility index (Phi) is 11.1. The molecule has 0 rings (SSSR count). The molecular formula is C16H18O2. The van der Waals surface area contributed by atoms with E-state index in [4.69, 9.17) is 5.11 Å². The predicted octanol–water partition coefficient (Wildman–Crippen LogP) is 3.98. The van der Waals surface area contributed by atoms with Crippen LogP contribution in [0.15, 0.2) is 85.1 Å². The van der Waals surface area contributed by atoms with Gasteiger partial charge in [0.15, 0.2) is 0 Å². The summed E-state index contributed by atoms with van der Waals surface area (Å²) in [5.41, 5.74) is 0. The van der Waals surface area contributed by atoms with Gasteiger partial charge in [-0.15, -0.1) is 0 Å². The van der Waals surface area contributed by atoms with Gasteiger partial charge in [-0.2, -0.15) is 0 Å². The second kappa shape index (κ2) is 12.7. The van der Waals surface area contributed by atoms with E-state index in [1.807, 2.05) is 67.7 Å². The van der Waals surface area contributed by atoms with Gasteiger partial charge < -0.3 is 5.11 Å². The molecule has 0 fully saturated rings. The Hall–Kier alpha value is -2.35. The number of hydrogen-bond donors (Lipinski definition) is 1. The molecule has 0 amide bonds. The van der Waals surface area contributed by atoms with Crippen LogP contribution < -0.4 is 0 Å². The van der Waals surface area contributed by atoms with E-state index in [0.29, 0.717) is 0 Å². The first-order valence-electron chi connectivity index (χ1n) is 5.63. The maximum Gasteiger partial charge on any atom is 0.328 e. The van der Waals surface area contributed by atoms with Crippen molar-refractivity contribution in [3.05, 3.63) is 85.1 Å². The number of hydrogen-bond acceptors (Lipinski definition) is 1. The maximum absolute atomic E-state index is 10.1. The van der Waals surface area contributed by atoms with Gasteiger partial charge in [-0.25, -0.2) is 4.79 Å². The fraction of sp³-hybridized carbons (Fsp3) is 0.0625. The molecule has 0 aliphatic rings. The van der Waals surface area contributed by atoms with Crippen molar-refractivity contribution in [2.24, 2.45) is 0 Å². The van der Waals surface area contributed by atoms with E-state index in [2.05, 4.69) is 0 Å². The summed E-state index contributed by atoms with van der Waals surface area (Å²) in [5.74, 6) is -0.945. The number of rotatable bonds is 7. The first kappa shape index (κ1) is 15.7. The molecule has 0 unspecified atom stereocenters. The van der Waals surface area contributed by atoms with Crippen LogP contribution in [0.25, 0.3) is 0 Å². The zero-order chi connectivity index (χ0) is 13.5. The van der Waals surface area contributed by atoms with Gasteiger partial charge in [-0.3, -0.25) is 0 Å². The van der Waals surface area contributed by atoms with Crippen molar-refractivity contribution in [3.8, 4) is 0 Å². The van der Waals surface area contributed by atoms with Crippen molar-refractivity contribution in [2.75, 3.05) is 0 Å². The highest BCUT2D eigenvalue weighted by molar-refractivity contribution is 5.80. The van der Waals surface area contributed by atoms with E-state index in [9.17, 15) is 4.79 Å². The minimum absolute atomic E-state index is 0.945. The summed E-state index contributed by atoms with van der Waals surface area (Å²) in [6, 6.07) is 0. The fourth-order valence-corrected chi connectivity index (χ4v) is 0.890. The Labute approximate surface area is 108 Å². The van der Waals surface area contributed by atoms with E-state index in [-0.39, 0.29) is 0 Å². The first-order chi connectivity index (χ1) is 8.77. The summed E-state index contributed by atoms with van der Waals surface area (Å²) in [6.45, 7) is 1.97. The van der Waals surface area contributed by atoms with Crippen molar-refractivity contribution < 1.29 is 9.90 Å². The van der Waals surface area contributed by atoms with Gasteiger partial charge in [0, 0.05) is 6.08 Å². The second-order valence-electron chi connectivity index (χ2n) is 3.15. The van der Waals surface area contributed by atoms with Crippen molar-refractivity contribution in [3.63, 3.8) is 0 Å². The van der Waals surface area contributed by atoms with Crippen LogP contribution in [-0.4, -0.2) is 11.1 Å². The monoisotopic (exact) mass is 242 g/mol. The summed E-state index contributed by atoms with van der Waals surface area (Å²) in [7, 11) is 0. The molecule has 0 heterocycles. The lowest BCUT2D eigenvalue weighted by molar-refractivity contribution is -0.131. The molecule has 0 radical (unpaired) electrons. The van der Waals surface area contributed by atoms with Gasteiger partial charge in [0.25, 0.3) is 0 Å². The third-order valence-electron chi connectivity index (χ3n) is 1.65. The molecule has 0 atom stereocenters. The summed E-state index contributed by atoms with van der Waals surface area (Å²) in [4.78, 5) is 10.1. The predicted molar refractivity (Wildman–Crippen MR) is 77.3 cm³/mol. The van der Waals surface area contributed by atoms with Crippen LogP contribution in [0.5, 0.6) is 0 Å². The Morgan fingerprint density at radius 3 is 1.33 bits per heavy atom. The number of carboxylic acids is 1. The van der Waals surface area contributed by atoms with E-state index >= 15 is 0 Å². The van der Waals surface area contributed by atoms with Crippen molar-refractivity contribution >= 4 is 5.97 Å². The molecule has 0 spiro atoms. The van der Waals surface area contributed by atoms with E-state index in [0.717, 1.165) is 6.08 Å². The molecule has 0 aliphatic carbocycles. The molecule has 0 bridgehead atoms. The zero-order valence-corrected chi connectivity index (χ0v) is 10.4. The van der Waals surface area contributed by atoms with Gasteiger partial charge in [-0.1, -0.05) is 79.0 Å². The van der Waals surface area contributed by atoms with E-state index < -0.39 is 5.97 Å². The molecule has 0 aliphatic heterocycles. The van der Waals surface area contributed by atoms with Gasteiger partial charge in [-0.05, 0) is 6.92 Å². The second-order valence-corrected chi connectivity index (χ2v) is 3.15. The molecule has 0 saturated carbocycles. The highest BCUT2D eigenvalue weighted by Gasteiger charge is 1.78. The lowest BCUT2D eigenvalue weighted by Gasteiger charge is -1.75. The van der Waals surface area contributed by atoms with Gasteiger partial charge in [0.2, 0.25) is 0 Å². The number of allylic oxidation sites excluding steroid dienone is 13. The first-order valence-corrected chi connectivity index (χ1v) is 5.63. The van der Waals surface area contributed by atoms with E-state index in [1.165, 1.54) is 6.08 Å². The molecule has 1 N–H and O–H groups in total. The summed E-state index contributed by atoms with van der Waals surface area (Å²) in [6.07, 6.45) is 25.2. The normalized spacial score (nSPS) is 13.8. The minimum Gasteiger partial charge on any atom is -0.478 e. The fourth-order valence-electron chi connectivity index (χ4n) is 0.890. The van der Waals surface area contributed by atoms with Crippen LogP contribution in [0.3, 0.4) is 0 Å². The Morgan fingerprint density at radius 1 is 0.667 bits per heavy atom. The molecule has 2 nitrogen and oxygen atoms in total. The van der Waals surface area contributed by atoms with Gasteiger partial charge in [0.05, 0.1) is 0 Å². The Bertz CT molecular complexity index is 416.